The van der Waals surface area contributed by atoms with Crippen molar-refractivity contribution in [1.29, 1.82) is 5.26 Å². The maximum Gasteiger partial charge on any atom is 0.222 e. The minimum absolute atomic E-state index is 0.000511. The van der Waals surface area contributed by atoms with E-state index in [1.807, 2.05) is 0 Å². The first-order valence-electron chi connectivity index (χ1n) is 10.8. The van der Waals surface area contributed by atoms with Crippen molar-refractivity contribution in [2.45, 2.75) is 20.0 Å². The number of amides is 1. The second-order valence-corrected chi connectivity index (χ2v) is 8.10. The number of nitrogens with zero attached hydrogens (tertiary/aromatic N) is 5. The molecule has 0 atom stereocenters. The molecule has 0 radical (unpaired) electrons. The molecular weight excluding hydrogens is 471 g/mol. The highest BCUT2D eigenvalue weighted by atomic mass is 19.1. The van der Waals surface area contributed by atoms with Crippen LogP contribution in [0, 0.1) is 35.7 Å². The van der Waals surface area contributed by atoms with E-state index < -0.39 is 23.2 Å². The monoisotopic (exact) mass is 491 g/mol. The first-order chi connectivity index (χ1) is 17.3. The second kappa shape index (κ2) is 10.3. The summed E-state index contributed by atoms with van der Waals surface area (Å²) in [4.78, 5) is 17.2. The third-order valence-electron chi connectivity index (χ3n) is 5.58. The number of aryl methyl sites for hydroxylation is 1. The van der Waals surface area contributed by atoms with Gasteiger partial charge < -0.3 is 9.64 Å². The van der Waals surface area contributed by atoms with Crippen LogP contribution in [0.2, 0.25) is 0 Å². The number of aromatic nitrogens is 3. The molecule has 0 saturated heterocycles. The Labute approximate surface area is 205 Å². The molecule has 1 amide bonds. The molecule has 2 aromatic carbocycles. The van der Waals surface area contributed by atoms with Crippen molar-refractivity contribution in [2.24, 2.45) is 7.05 Å². The van der Waals surface area contributed by atoms with Gasteiger partial charge in [-0.05, 0) is 42.3 Å². The molecule has 0 aliphatic carbocycles. The summed E-state index contributed by atoms with van der Waals surface area (Å²) in [5, 5.41) is 12.9. The van der Waals surface area contributed by atoms with Gasteiger partial charge in [0.05, 0.1) is 17.8 Å². The van der Waals surface area contributed by atoms with E-state index in [4.69, 9.17) is 10.00 Å². The first kappa shape index (κ1) is 24.5. The Morgan fingerprint density at radius 1 is 1.06 bits per heavy atom. The van der Waals surface area contributed by atoms with E-state index in [0.717, 1.165) is 17.7 Å². The number of hydrogen-bond donors (Lipinski definition) is 0. The summed E-state index contributed by atoms with van der Waals surface area (Å²) >= 11 is 0. The Morgan fingerprint density at radius 3 is 2.39 bits per heavy atom. The predicted molar refractivity (Wildman–Crippen MR) is 124 cm³/mol. The smallest absolute Gasteiger partial charge is 0.222 e. The lowest BCUT2D eigenvalue weighted by Crippen LogP contribution is -2.22. The van der Waals surface area contributed by atoms with Gasteiger partial charge in [-0.25, -0.2) is 18.2 Å². The fourth-order valence-electron chi connectivity index (χ4n) is 3.64. The summed E-state index contributed by atoms with van der Waals surface area (Å²) < 4.78 is 50.3. The van der Waals surface area contributed by atoms with Gasteiger partial charge >= 0.3 is 0 Å². The predicted octanol–water partition coefficient (Wildman–Crippen LogP) is 5.03. The van der Waals surface area contributed by atoms with Crippen LogP contribution in [-0.4, -0.2) is 26.1 Å². The molecule has 0 bridgehead atoms. The minimum Gasteiger partial charge on any atom is -0.433 e. The molecule has 0 spiro atoms. The fraction of sp³-hybridized carbons (Fsp3) is 0.154. The van der Waals surface area contributed by atoms with Gasteiger partial charge in [0.25, 0.3) is 0 Å². The quantitative estimate of drug-likeness (QED) is 0.323. The Balaban J connectivity index is 1.52. The Hall–Kier alpha value is -4.65. The number of halogens is 3. The van der Waals surface area contributed by atoms with Crippen molar-refractivity contribution < 1.29 is 22.7 Å². The molecule has 0 fully saturated rings. The molecule has 182 valence electrons. The SMILES string of the molecule is Cc1c(CN(C=O)Cc2ccc(-c3cnn(C)c3)cc2F)ccnc1Oc1c(F)cc(C#N)cc1F. The number of nitriles is 1. The van der Waals surface area contributed by atoms with Crippen molar-refractivity contribution >= 4 is 6.41 Å². The van der Waals surface area contributed by atoms with Crippen LogP contribution in [-0.2, 0) is 24.9 Å². The molecular formula is C26H20F3N5O2. The molecule has 2 heterocycles. The lowest BCUT2D eigenvalue weighted by Gasteiger charge is -2.20. The molecule has 0 saturated carbocycles. The average Bonchev–Trinajstić information content (AvgIpc) is 3.30. The van der Waals surface area contributed by atoms with E-state index in [0.29, 0.717) is 28.7 Å². The Morgan fingerprint density at radius 2 is 1.78 bits per heavy atom. The summed E-state index contributed by atoms with van der Waals surface area (Å²) in [6.45, 7) is 1.71. The summed E-state index contributed by atoms with van der Waals surface area (Å²) in [6.07, 6.45) is 5.37. The van der Waals surface area contributed by atoms with Gasteiger partial charge in [-0.15, -0.1) is 0 Å². The highest BCUT2D eigenvalue weighted by Gasteiger charge is 2.18. The van der Waals surface area contributed by atoms with Crippen LogP contribution in [0.1, 0.15) is 22.3 Å². The number of carbonyl (C=O) groups excluding carboxylic acids is 1. The van der Waals surface area contributed by atoms with Crippen molar-refractivity contribution in [3.8, 4) is 28.8 Å². The van der Waals surface area contributed by atoms with Gasteiger partial charge in [0.15, 0.2) is 11.6 Å². The van der Waals surface area contributed by atoms with Gasteiger partial charge in [-0.1, -0.05) is 12.1 Å². The molecule has 2 aromatic heterocycles. The van der Waals surface area contributed by atoms with Gasteiger partial charge in [-0.2, -0.15) is 10.4 Å². The molecule has 36 heavy (non-hydrogen) atoms. The highest BCUT2D eigenvalue weighted by molar-refractivity contribution is 5.62. The van der Waals surface area contributed by atoms with Crippen molar-refractivity contribution in [1.82, 2.24) is 19.7 Å². The number of hydrogen-bond acceptors (Lipinski definition) is 5. The molecule has 4 rings (SSSR count). The van der Waals surface area contributed by atoms with Crippen LogP contribution in [0.5, 0.6) is 11.6 Å². The standard InChI is InChI=1S/C26H20F3N5O2/c1-16-19(5-6-31-26(16)36-25-23(28)7-17(10-30)8-24(25)29)13-34(15-35)14-20-4-3-18(9-22(20)27)21-11-32-33(2)12-21/h3-9,11-12,15H,13-14H2,1-2H3. The number of benzene rings is 2. The topological polar surface area (TPSA) is 84.0 Å². The number of rotatable bonds is 8. The first-order valence-corrected chi connectivity index (χ1v) is 10.8. The molecule has 0 N–H and O–H groups in total. The number of carbonyl (C=O) groups is 1. The fourth-order valence-corrected chi connectivity index (χ4v) is 3.64. The van der Waals surface area contributed by atoms with E-state index in [2.05, 4.69) is 10.1 Å². The molecule has 10 heteroatoms. The zero-order valence-corrected chi connectivity index (χ0v) is 19.4. The Bertz CT molecular complexity index is 1460. The van der Waals surface area contributed by atoms with Crippen molar-refractivity contribution in [3.63, 3.8) is 0 Å². The lowest BCUT2D eigenvalue weighted by atomic mass is 10.1. The maximum atomic E-state index is 14.8. The summed E-state index contributed by atoms with van der Waals surface area (Å²) in [5.74, 6) is -3.31. The zero-order chi connectivity index (χ0) is 25.8. The van der Waals surface area contributed by atoms with E-state index >= 15 is 0 Å². The van der Waals surface area contributed by atoms with Crippen LogP contribution in [0.3, 0.4) is 0 Å². The number of pyridine rings is 1. The average molecular weight is 491 g/mol. The second-order valence-electron chi connectivity index (χ2n) is 8.10. The van der Waals surface area contributed by atoms with Crippen LogP contribution in [0.4, 0.5) is 13.2 Å². The van der Waals surface area contributed by atoms with Gasteiger partial charge in [0.2, 0.25) is 18.0 Å². The van der Waals surface area contributed by atoms with E-state index in [9.17, 15) is 18.0 Å². The molecule has 7 nitrogen and oxygen atoms in total. The largest absolute Gasteiger partial charge is 0.433 e. The third kappa shape index (κ3) is 5.20. The lowest BCUT2D eigenvalue weighted by molar-refractivity contribution is -0.119. The van der Waals surface area contributed by atoms with Crippen molar-refractivity contribution in [2.75, 3.05) is 0 Å². The van der Waals surface area contributed by atoms with Crippen LogP contribution in [0.15, 0.2) is 55.0 Å². The third-order valence-corrected chi connectivity index (χ3v) is 5.58. The molecule has 4 aromatic rings. The van der Waals surface area contributed by atoms with Crippen LogP contribution < -0.4 is 4.74 Å². The normalized spacial score (nSPS) is 10.7. The van der Waals surface area contributed by atoms with Crippen LogP contribution >= 0.6 is 0 Å². The molecule has 0 aliphatic heterocycles. The van der Waals surface area contributed by atoms with Gasteiger partial charge in [-0.3, -0.25) is 9.48 Å². The maximum absolute atomic E-state index is 14.8. The van der Waals surface area contributed by atoms with Crippen molar-refractivity contribution in [3.05, 3.63) is 94.7 Å². The van der Waals surface area contributed by atoms with E-state index in [1.165, 1.54) is 17.2 Å². The van der Waals surface area contributed by atoms with Gasteiger partial charge in [0.1, 0.15) is 5.82 Å². The van der Waals surface area contributed by atoms with E-state index in [-0.39, 0.29) is 24.5 Å². The zero-order valence-electron chi connectivity index (χ0n) is 19.4. The minimum atomic E-state index is -1.04. The van der Waals surface area contributed by atoms with Crippen LogP contribution in [0.25, 0.3) is 11.1 Å². The Kier molecular flexibility index (Phi) is 7.01. The highest BCUT2D eigenvalue weighted by Crippen LogP contribution is 2.31. The molecule has 0 unspecified atom stereocenters. The number of ether oxygens (including phenoxy) is 1. The summed E-state index contributed by atoms with van der Waals surface area (Å²) in [6, 6.07) is 9.77. The molecule has 0 aliphatic rings. The van der Waals surface area contributed by atoms with Gasteiger partial charge in [0, 0.05) is 49.2 Å². The van der Waals surface area contributed by atoms with E-state index in [1.54, 1.807) is 55.3 Å². The summed E-state index contributed by atoms with van der Waals surface area (Å²) in [5.41, 5.74) is 2.60. The summed E-state index contributed by atoms with van der Waals surface area (Å²) in [7, 11) is 1.77.